The van der Waals surface area contributed by atoms with E-state index in [1.165, 1.54) is 11.8 Å². The average molecular weight is 465 g/mol. The molecule has 0 bridgehead atoms. The molecule has 0 saturated carbocycles. The molecule has 5 nitrogen and oxygen atoms in total. The van der Waals surface area contributed by atoms with Gasteiger partial charge in [0.2, 0.25) is 0 Å². The molecule has 2 heterocycles. The van der Waals surface area contributed by atoms with Gasteiger partial charge in [-0.3, -0.25) is 0 Å². The molecule has 4 rings (SSSR count). The fraction of sp³-hybridized carbons (Fsp3) is 0.150. The topological polar surface area (TPSA) is 55.6 Å². The Bertz CT molecular complexity index is 1150. The van der Waals surface area contributed by atoms with Gasteiger partial charge in [-0.05, 0) is 42.2 Å². The molecule has 0 spiro atoms. The van der Waals surface area contributed by atoms with Crippen LogP contribution in [0.2, 0.25) is 10.0 Å². The molecule has 0 saturated heterocycles. The number of fused-ring (bicyclic) bond motifs is 1. The van der Waals surface area contributed by atoms with Crippen molar-refractivity contribution in [3.63, 3.8) is 0 Å². The van der Waals surface area contributed by atoms with Crippen LogP contribution in [0.1, 0.15) is 10.9 Å². The van der Waals surface area contributed by atoms with Crippen LogP contribution in [0.5, 0.6) is 0 Å². The molecule has 2 aromatic carbocycles. The molecule has 0 aliphatic rings. The Kier molecular flexibility index (Phi) is 6.15. The summed E-state index contributed by atoms with van der Waals surface area (Å²) < 4.78 is 1.80. The summed E-state index contributed by atoms with van der Waals surface area (Å²) >= 11 is 20.2. The molecular weight excluding hydrogens is 449 g/mol. The van der Waals surface area contributed by atoms with E-state index in [-0.39, 0.29) is 5.38 Å². The number of nitrogens with zero attached hydrogens (tertiary/aromatic N) is 4. The van der Waals surface area contributed by atoms with E-state index >= 15 is 0 Å². The van der Waals surface area contributed by atoms with Crippen LogP contribution in [0.3, 0.4) is 0 Å². The average Bonchev–Trinajstić information content (AvgIpc) is 3.11. The first-order valence-corrected chi connectivity index (χ1v) is 11.1. The van der Waals surface area contributed by atoms with Gasteiger partial charge in [-0.1, -0.05) is 53.2 Å². The van der Waals surface area contributed by atoms with Gasteiger partial charge in [0.25, 0.3) is 0 Å². The first kappa shape index (κ1) is 20.3. The summed E-state index contributed by atoms with van der Waals surface area (Å²) in [6.45, 7) is 0.466. The fourth-order valence-corrected chi connectivity index (χ4v) is 3.84. The van der Waals surface area contributed by atoms with Crippen LogP contribution in [-0.2, 0) is 6.54 Å². The fourth-order valence-electron chi connectivity index (χ4n) is 2.89. The second-order valence-electron chi connectivity index (χ2n) is 6.28. The lowest BCUT2D eigenvalue weighted by atomic mass is 10.1. The van der Waals surface area contributed by atoms with E-state index in [0.29, 0.717) is 33.2 Å². The SMILES string of the molecule is CSc1nc(Nc2cccc(Cl)c2)c2cnn(CC(Cl)c3ccc(Cl)cc3)c2n1. The second kappa shape index (κ2) is 8.79. The third-order valence-corrected chi connectivity index (χ3v) is 5.74. The summed E-state index contributed by atoms with van der Waals surface area (Å²) in [7, 11) is 0. The quantitative estimate of drug-likeness (QED) is 0.198. The van der Waals surface area contributed by atoms with Crippen molar-refractivity contribution in [1.29, 1.82) is 0 Å². The maximum Gasteiger partial charge on any atom is 0.191 e. The van der Waals surface area contributed by atoms with Gasteiger partial charge in [0.1, 0.15) is 5.82 Å². The molecule has 148 valence electrons. The number of alkyl halides is 1. The molecular formula is C20H16Cl3N5S. The Morgan fingerprint density at radius 1 is 1.07 bits per heavy atom. The first-order chi connectivity index (χ1) is 14.0. The minimum absolute atomic E-state index is 0.271. The third-order valence-electron chi connectivity index (χ3n) is 4.31. The van der Waals surface area contributed by atoms with E-state index in [1.54, 1.807) is 10.9 Å². The van der Waals surface area contributed by atoms with Crippen LogP contribution in [0.4, 0.5) is 11.5 Å². The van der Waals surface area contributed by atoms with Gasteiger partial charge >= 0.3 is 0 Å². The zero-order chi connectivity index (χ0) is 20.4. The number of halogens is 3. The minimum atomic E-state index is -0.271. The molecule has 0 aliphatic heterocycles. The van der Waals surface area contributed by atoms with Crippen LogP contribution >= 0.6 is 46.6 Å². The number of hydrogen-bond acceptors (Lipinski definition) is 5. The summed E-state index contributed by atoms with van der Waals surface area (Å²) in [5.41, 5.74) is 2.53. The molecule has 2 aromatic heterocycles. The Morgan fingerprint density at radius 2 is 1.86 bits per heavy atom. The van der Waals surface area contributed by atoms with Crippen LogP contribution in [0.25, 0.3) is 11.0 Å². The van der Waals surface area contributed by atoms with E-state index in [9.17, 15) is 0 Å². The lowest BCUT2D eigenvalue weighted by Gasteiger charge is -2.12. The van der Waals surface area contributed by atoms with E-state index in [1.807, 2.05) is 54.8 Å². The van der Waals surface area contributed by atoms with Crippen LogP contribution in [0.15, 0.2) is 59.9 Å². The largest absolute Gasteiger partial charge is 0.339 e. The predicted molar refractivity (Wildman–Crippen MR) is 122 cm³/mol. The van der Waals surface area contributed by atoms with Crippen LogP contribution in [0, 0.1) is 0 Å². The zero-order valence-corrected chi connectivity index (χ0v) is 18.4. The molecule has 0 aliphatic carbocycles. The standard InChI is InChI=1S/C20H16Cl3N5S/c1-29-20-26-18(25-15-4-2-3-14(22)9-15)16-10-24-28(19(16)27-20)11-17(23)12-5-7-13(21)8-6-12/h2-10,17H,11H2,1H3,(H,25,26,27). The molecule has 1 unspecified atom stereocenters. The van der Waals surface area contributed by atoms with Crippen molar-refractivity contribution in [2.75, 3.05) is 11.6 Å². The van der Waals surface area contributed by atoms with Crippen LogP contribution < -0.4 is 5.32 Å². The Hall–Kier alpha value is -1.99. The molecule has 4 aromatic rings. The van der Waals surface area contributed by atoms with E-state index in [0.717, 1.165) is 16.6 Å². The van der Waals surface area contributed by atoms with Gasteiger partial charge in [0.05, 0.1) is 23.5 Å². The van der Waals surface area contributed by atoms with Crippen molar-refractivity contribution < 1.29 is 0 Å². The van der Waals surface area contributed by atoms with Gasteiger partial charge in [-0.25, -0.2) is 14.6 Å². The lowest BCUT2D eigenvalue weighted by molar-refractivity contribution is 0.613. The highest BCUT2D eigenvalue weighted by atomic mass is 35.5. The van der Waals surface area contributed by atoms with Gasteiger partial charge in [-0.15, -0.1) is 11.6 Å². The molecule has 29 heavy (non-hydrogen) atoms. The molecule has 0 radical (unpaired) electrons. The number of thioether (sulfide) groups is 1. The summed E-state index contributed by atoms with van der Waals surface area (Å²) in [6.07, 6.45) is 3.68. The Balaban J connectivity index is 1.68. The zero-order valence-electron chi connectivity index (χ0n) is 15.3. The second-order valence-corrected chi connectivity index (χ2v) is 8.45. The molecule has 9 heteroatoms. The highest BCUT2D eigenvalue weighted by molar-refractivity contribution is 7.98. The predicted octanol–water partition coefficient (Wildman–Crippen LogP) is 6.58. The smallest absolute Gasteiger partial charge is 0.191 e. The monoisotopic (exact) mass is 463 g/mol. The van der Waals surface area contributed by atoms with Crippen molar-refractivity contribution in [1.82, 2.24) is 19.7 Å². The van der Waals surface area contributed by atoms with Crippen molar-refractivity contribution in [2.45, 2.75) is 17.1 Å². The number of benzene rings is 2. The molecule has 0 fully saturated rings. The summed E-state index contributed by atoms with van der Waals surface area (Å²) in [5.74, 6) is 0.672. The number of nitrogens with one attached hydrogen (secondary N) is 1. The van der Waals surface area contributed by atoms with Crippen molar-refractivity contribution in [2.24, 2.45) is 0 Å². The van der Waals surface area contributed by atoms with Gasteiger partial charge in [-0.2, -0.15) is 5.10 Å². The third kappa shape index (κ3) is 4.61. The highest BCUT2D eigenvalue weighted by Crippen LogP contribution is 2.29. The van der Waals surface area contributed by atoms with E-state index in [2.05, 4.69) is 20.4 Å². The number of aromatic nitrogens is 4. The Morgan fingerprint density at radius 3 is 2.59 bits per heavy atom. The van der Waals surface area contributed by atoms with Crippen molar-refractivity contribution in [3.05, 3.63) is 70.3 Å². The van der Waals surface area contributed by atoms with Crippen molar-refractivity contribution in [3.8, 4) is 0 Å². The van der Waals surface area contributed by atoms with Gasteiger partial charge in [0.15, 0.2) is 10.8 Å². The summed E-state index contributed by atoms with van der Waals surface area (Å²) in [5, 5.41) is 10.3. The number of hydrogen-bond donors (Lipinski definition) is 1. The molecule has 0 amide bonds. The van der Waals surface area contributed by atoms with E-state index in [4.69, 9.17) is 34.8 Å². The highest BCUT2D eigenvalue weighted by Gasteiger charge is 2.16. The van der Waals surface area contributed by atoms with Crippen molar-refractivity contribution >= 4 is 69.1 Å². The summed E-state index contributed by atoms with van der Waals surface area (Å²) in [4.78, 5) is 9.24. The first-order valence-electron chi connectivity index (χ1n) is 8.73. The van der Waals surface area contributed by atoms with Gasteiger partial charge < -0.3 is 5.32 Å². The maximum absolute atomic E-state index is 6.63. The van der Waals surface area contributed by atoms with Crippen LogP contribution in [-0.4, -0.2) is 26.0 Å². The Labute approximate surface area is 187 Å². The molecule has 1 atom stereocenters. The number of rotatable bonds is 6. The van der Waals surface area contributed by atoms with E-state index < -0.39 is 0 Å². The molecule has 1 N–H and O–H groups in total. The van der Waals surface area contributed by atoms with Gasteiger partial charge in [0, 0.05) is 15.7 Å². The maximum atomic E-state index is 6.63. The summed E-state index contributed by atoms with van der Waals surface area (Å²) in [6, 6.07) is 15.0. The minimum Gasteiger partial charge on any atom is -0.339 e. The lowest BCUT2D eigenvalue weighted by Crippen LogP contribution is -2.07. The number of anilines is 2. The normalized spacial score (nSPS) is 12.3.